The molecular formula is C30H27FN4O2. The molecule has 0 atom stereocenters. The Morgan fingerprint density at radius 2 is 1.73 bits per heavy atom. The summed E-state index contributed by atoms with van der Waals surface area (Å²) in [5.74, 6) is -0.325. The van der Waals surface area contributed by atoms with Crippen molar-refractivity contribution in [2.75, 3.05) is 10.4 Å². The number of hydrazine groups is 1. The van der Waals surface area contributed by atoms with Gasteiger partial charge in [-0.05, 0) is 54.8 Å². The zero-order valence-electron chi connectivity index (χ0n) is 20.4. The van der Waals surface area contributed by atoms with Gasteiger partial charge in [0, 0.05) is 35.4 Å². The molecule has 0 radical (unpaired) electrons. The van der Waals surface area contributed by atoms with E-state index in [1.54, 1.807) is 28.6 Å². The number of halogens is 1. The number of aryl methyl sites for hydroxylation is 1. The van der Waals surface area contributed by atoms with Gasteiger partial charge in [0.25, 0.3) is 5.56 Å². The first kappa shape index (κ1) is 24.1. The lowest BCUT2D eigenvalue weighted by atomic mass is 10.1. The summed E-state index contributed by atoms with van der Waals surface area (Å²) in [5, 5.41) is 2.88. The zero-order chi connectivity index (χ0) is 25.8. The van der Waals surface area contributed by atoms with E-state index in [0.29, 0.717) is 36.5 Å². The molecule has 186 valence electrons. The monoisotopic (exact) mass is 494 g/mol. The minimum atomic E-state index is -0.325. The van der Waals surface area contributed by atoms with E-state index in [9.17, 15) is 14.0 Å². The molecule has 0 aliphatic heterocycles. The summed E-state index contributed by atoms with van der Waals surface area (Å²) >= 11 is 0. The minimum Gasteiger partial charge on any atom is -0.361 e. The first-order valence-corrected chi connectivity index (χ1v) is 12.1. The number of para-hydroxylation sites is 2. The van der Waals surface area contributed by atoms with E-state index < -0.39 is 0 Å². The van der Waals surface area contributed by atoms with E-state index in [0.717, 1.165) is 34.0 Å². The smallest absolute Gasteiger partial charge is 0.252 e. The fraction of sp³-hybridized carbons (Fsp3) is 0.133. The third-order valence-electron chi connectivity index (χ3n) is 6.58. The molecule has 0 aliphatic carbocycles. The highest BCUT2D eigenvalue weighted by Crippen LogP contribution is 2.25. The highest BCUT2D eigenvalue weighted by atomic mass is 19.1. The quantitative estimate of drug-likeness (QED) is 0.199. The maximum Gasteiger partial charge on any atom is 0.252 e. The lowest BCUT2D eigenvalue weighted by Crippen LogP contribution is -2.34. The summed E-state index contributed by atoms with van der Waals surface area (Å²) in [6.07, 6.45) is 3.40. The van der Waals surface area contributed by atoms with E-state index in [4.69, 9.17) is 0 Å². The topological polar surface area (TPSA) is 70.1 Å². The van der Waals surface area contributed by atoms with Crippen molar-refractivity contribution in [2.45, 2.75) is 26.4 Å². The molecule has 0 fully saturated rings. The van der Waals surface area contributed by atoms with E-state index >= 15 is 0 Å². The van der Waals surface area contributed by atoms with E-state index in [1.807, 2.05) is 54.7 Å². The Hall–Kier alpha value is -4.65. The van der Waals surface area contributed by atoms with Crippen LogP contribution in [0.1, 0.15) is 27.2 Å². The molecule has 0 amide bonds. The maximum atomic E-state index is 13.5. The number of hydrogen-bond donors (Lipinski definition) is 2. The first-order chi connectivity index (χ1) is 18.0. The maximum absolute atomic E-state index is 13.5. The standard InChI is InChI=1S/C30H27FN4O2/c1-21-27(20-36)29(17-30(37)34(21)16-15-23-18-32-28-10-6-5-9-26(23)28)35(33-25-7-3-2-4-8-25)19-22-11-13-24(31)14-12-22/h2-14,17-18,20,32-33H,15-16,19H2,1H3. The van der Waals surface area contributed by atoms with Crippen molar-refractivity contribution >= 4 is 28.6 Å². The molecule has 6 nitrogen and oxygen atoms in total. The van der Waals surface area contributed by atoms with Crippen LogP contribution in [0, 0.1) is 12.7 Å². The Morgan fingerprint density at radius 1 is 1.00 bits per heavy atom. The van der Waals surface area contributed by atoms with Crippen molar-refractivity contribution in [2.24, 2.45) is 0 Å². The molecule has 0 bridgehead atoms. The lowest BCUT2D eigenvalue weighted by molar-refractivity contribution is 0.112. The number of anilines is 2. The third kappa shape index (κ3) is 5.16. The van der Waals surface area contributed by atoms with Crippen LogP contribution in [0.5, 0.6) is 0 Å². The molecule has 5 rings (SSSR count). The molecule has 2 aromatic heterocycles. The number of carbonyl (C=O) groups excluding carboxylic acids is 1. The van der Waals surface area contributed by atoms with Crippen LogP contribution in [0.15, 0.2) is 95.9 Å². The number of nitrogens with one attached hydrogen (secondary N) is 2. The van der Waals surface area contributed by atoms with Crippen LogP contribution in [-0.2, 0) is 19.5 Å². The number of rotatable bonds is 9. The van der Waals surface area contributed by atoms with Crippen LogP contribution in [0.25, 0.3) is 10.9 Å². The van der Waals surface area contributed by atoms with Crippen molar-refractivity contribution in [3.63, 3.8) is 0 Å². The molecule has 0 saturated heterocycles. The summed E-state index contributed by atoms with van der Waals surface area (Å²) < 4.78 is 15.1. The molecule has 0 unspecified atom stereocenters. The largest absolute Gasteiger partial charge is 0.361 e. The van der Waals surface area contributed by atoms with Gasteiger partial charge in [-0.15, -0.1) is 0 Å². The second-order valence-corrected chi connectivity index (χ2v) is 8.94. The van der Waals surface area contributed by atoms with Gasteiger partial charge < -0.3 is 9.55 Å². The van der Waals surface area contributed by atoms with Gasteiger partial charge >= 0.3 is 0 Å². The molecule has 7 heteroatoms. The van der Waals surface area contributed by atoms with Gasteiger partial charge in [0.2, 0.25) is 0 Å². The average molecular weight is 495 g/mol. The predicted octanol–water partition coefficient (Wildman–Crippen LogP) is 5.87. The van der Waals surface area contributed by atoms with Crippen LogP contribution in [0.4, 0.5) is 15.8 Å². The van der Waals surface area contributed by atoms with Gasteiger partial charge in [-0.2, -0.15) is 0 Å². The number of carbonyl (C=O) groups is 1. The van der Waals surface area contributed by atoms with E-state index in [1.165, 1.54) is 18.2 Å². The van der Waals surface area contributed by atoms with Crippen LogP contribution >= 0.6 is 0 Å². The van der Waals surface area contributed by atoms with Crippen molar-refractivity contribution in [3.8, 4) is 0 Å². The van der Waals surface area contributed by atoms with Gasteiger partial charge in [0.15, 0.2) is 6.29 Å². The Balaban J connectivity index is 1.49. The fourth-order valence-electron chi connectivity index (χ4n) is 4.61. The molecule has 5 aromatic rings. The second kappa shape index (κ2) is 10.5. The predicted molar refractivity (Wildman–Crippen MR) is 145 cm³/mol. The van der Waals surface area contributed by atoms with Gasteiger partial charge in [-0.1, -0.05) is 48.5 Å². The van der Waals surface area contributed by atoms with Crippen molar-refractivity contribution in [1.82, 2.24) is 9.55 Å². The summed E-state index contributed by atoms with van der Waals surface area (Å²) in [4.78, 5) is 29.0. The summed E-state index contributed by atoms with van der Waals surface area (Å²) in [6, 6.07) is 25.2. The third-order valence-corrected chi connectivity index (χ3v) is 6.58. The van der Waals surface area contributed by atoms with Crippen LogP contribution in [0.2, 0.25) is 0 Å². The molecule has 2 N–H and O–H groups in total. The van der Waals surface area contributed by atoms with E-state index in [-0.39, 0.29) is 11.4 Å². The first-order valence-electron chi connectivity index (χ1n) is 12.1. The molecule has 2 heterocycles. The number of aromatic nitrogens is 2. The summed E-state index contributed by atoms with van der Waals surface area (Å²) in [5.41, 5.74) is 8.37. The van der Waals surface area contributed by atoms with E-state index in [2.05, 4.69) is 16.5 Å². The number of hydrogen-bond acceptors (Lipinski definition) is 4. The molecule has 37 heavy (non-hydrogen) atoms. The highest BCUT2D eigenvalue weighted by molar-refractivity contribution is 5.86. The van der Waals surface area contributed by atoms with Crippen molar-refractivity contribution in [1.29, 1.82) is 0 Å². The number of pyridine rings is 1. The normalized spacial score (nSPS) is 11.0. The van der Waals surface area contributed by atoms with Crippen LogP contribution < -0.4 is 16.0 Å². The Kier molecular flexibility index (Phi) is 6.85. The van der Waals surface area contributed by atoms with Gasteiger partial charge in [0.05, 0.1) is 23.5 Å². The molecule has 0 spiro atoms. The number of aldehydes is 1. The van der Waals surface area contributed by atoms with Gasteiger partial charge in [-0.25, -0.2) is 4.39 Å². The average Bonchev–Trinajstić information content (AvgIpc) is 3.33. The lowest BCUT2D eigenvalue weighted by Gasteiger charge is -2.29. The number of H-pyrrole nitrogens is 1. The Morgan fingerprint density at radius 3 is 2.49 bits per heavy atom. The molecule has 3 aromatic carbocycles. The molecular weight excluding hydrogens is 467 g/mol. The Labute approximate surface area is 214 Å². The molecule has 0 aliphatic rings. The summed E-state index contributed by atoms with van der Waals surface area (Å²) in [7, 11) is 0. The van der Waals surface area contributed by atoms with Gasteiger partial charge in [0.1, 0.15) is 5.82 Å². The highest BCUT2D eigenvalue weighted by Gasteiger charge is 2.19. The minimum absolute atomic E-state index is 0.197. The number of nitrogens with zero attached hydrogens (tertiary/aromatic N) is 2. The van der Waals surface area contributed by atoms with Crippen LogP contribution in [0.3, 0.4) is 0 Å². The number of fused-ring (bicyclic) bond motifs is 1. The van der Waals surface area contributed by atoms with Gasteiger partial charge in [-0.3, -0.25) is 20.0 Å². The molecule has 0 saturated carbocycles. The second-order valence-electron chi connectivity index (χ2n) is 8.94. The SMILES string of the molecule is Cc1c(C=O)c(N(Cc2ccc(F)cc2)Nc2ccccc2)cc(=O)n1CCc1c[nH]c2ccccc12. The number of aromatic amines is 1. The summed E-state index contributed by atoms with van der Waals surface area (Å²) in [6.45, 7) is 2.55. The Bertz CT molecular complexity index is 1590. The van der Waals surface area contributed by atoms with Crippen LogP contribution in [-0.4, -0.2) is 15.8 Å². The van der Waals surface area contributed by atoms with Crippen molar-refractivity contribution < 1.29 is 9.18 Å². The fourth-order valence-corrected chi connectivity index (χ4v) is 4.61. The van der Waals surface area contributed by atoms with Crippen molar-refractivity contribution in [3.05, 3.63) is 130 Å². The zero-order valence-corrected chi connectivity index (χ0v) is 20.4. The number of benzene rings is 3.